The molecular formula is C24H28BrN5. The molecule has 3 aromatic rings. The number of fused-ring (bicyclic) bond motifs is 1. The van der Waals surface area contributed by atoms with E-state index in [1.807, 2.05) is 6.92 Å². The predicted molar refractivity (Wildman–Crippen MR) is 127 cm³/mol. The van der Waals surface area contributed by atoms with Crippen molar-refractivity contribution >= 4 is 32.8 Å². The normalized spacial score (nSPS) is 16.8. The number of anilines is 1. The molecule has 0 radical (unpaired) electrons. The van der Waals surface area contributed by atoms with Gasteiger partial charge in [0.15, 0.2) is 5.65 Å². The van der Waals surface area contributed by atoms with Crippen LogP contribution in [0, 0.1) is 41.2 Å². The molecule has 1 fully saturated rings. The molecule has 1 aliphatic rings. The van der Waals surface area contributed by atoms with Crippen LogP contribution in [-0.4, -0.2) is 33.7 Å². The van der Waals surface area contributed by atoms with E-state index in [1.54, 1.807) is 0 Å². The lowest BCUT2D eigenvalue weighted by Gasteiger charge is -2.34. The molecule has 0 saturated carbocycles. The summed E-state index contributed by atoms with van der Waals surface area (Å²) in [5.41, 5.74) is 6.99. The Morgan fingerprint density at radius 3 is 2.47 bits per heavy atom. The highest BCUT2D eigenvalue weighted by atomic mass is 79.9. The molecular weight excluding hydrogens is 438 g/mol. The third kappa shape index (κ3) is 3.39. The molecule has 6 heteroatoms. The minimum Gasteiger partial charge on any atom is -0.345 e. The first kappa shape index (κ1) is 20.9. The summed E-state index contributed by atoms with van der Waals surface area (Å²) in [5.74, 6) is 1.77. The topological polar surface area (TPSA) is 38.3 Å². The molecule has 0 aliphatic carbocycles. The van der Waals surface area contributed by atoms with Crippen molar-refractivity contribution in [2.24, 2.45) is 0 Å². The third-order valence-corrected chi connectivity index (χ3v) is 6.79. The number of aromatic nitrogens is 3. The number of hydrogen-bond acceptors (Lipinski definition) is 3. The van der Waals surface area contributed by atoms with Gasteiger partial charge in [0.25, 0.3) is 0 Å². The molecule has 1 aromatic carbocycles. The van der Waals surface area contributed by atoms with Crippen molar-refractivity contribution in [3.63, 3.8) is 0 Å². The van der Waals surface area contributed by atoms with E-state index >= 15 is 0 Å². The second kappa shape index (κ2) is 8.03. The summed E-state index contributed by atoms with van der Waals surface area (Å²) < 4.78 is 3.39. The fraction of sp³-hybridized carbons (Fsp3) is 0.458. The van der Waals surface area contributed by atoms with E-state index in [1.165, 1.54) is 34.5 Å². The number of benzene rings is 1. The zero-order valence-electron chi connectivity index (χ0n) is 18.4. The van der Waals surface area contributed by atoms with Gasteiger partial charge in [-0.15, -0.1) is 0 Å². The van der Waals surface area contributed by atoms with Crippen LogP contribution in [0.5, 0.6) is 0 Å². The average molecular weight is 466 g/mol. The maximum atomic E-state index is 7.41. The third-order valence-electron chi connectivity index (χ3n) is 6.33. The van der Waals surface area contributed by atoms with Gasteiger partial charge in [0.1, 0.15) is 17.7 Å². The summed E-state index contributed by atoms with van der Waals surface area (Å²) in [5, 5.41) is 1.12. The zero-order valence-corrected chi connectivity index (χ0v) is 20.0. The number of hydrogen-bond donors (Lipinski definition) is 0. The van der Waals surface area contributed by atoms with E-state index in [-0.39, 0.29) is 6.04 Å². The van der Waals surface area contributed by atoms with Gasteiger partial charge in [0, 0.05) is 16.7 Å². The van der Waals surface area contributed by atoms with Crippen molar-refractivity contribution in [2.45, 2.75) is 59.9 Å². The molecule has 4 rings (SSSR count). The Morgan fingerprint density at radius 2 is 1.80 bits per heavy atom. The van der Waals surface area contributed by atoms with Crippen LogP contribution >= 0.6 is 15.9 Å². The summed E-state index contributed by atoms with van der Waals surface area (Å²) >= 11 is 3.62. The van der Waals surface area contributed by atoms with Crippen LogP contribution in [0.25, 0.3) is 21.6 Å². The minimum absolute atomic E-state index is 0.230. The van der Waals surface area contributed by atoms with Crippen molar-refractivity contribution in [1.82, 2.24) is 14.5 Å². The molecule has 5 nitrogen and oxygen atoms in total. The molecule has 156 valence electrons. The van der Waals surface area contributed by atoms with Crippen LogP contribution < -0.4 is 4.90 Å². The van der Waals surface area contributed by atoms with Crippen molar-refractivity contribution in [3.05, 3.63) is 56.2 Å². The Labute approximate surface area is 187 Å². The zero-order chi connectivity index (χ0) is 21.6. The minimum atomic E-state index is 0.230. The van der Waals surface area contributed by atoms with E-state index in [2.05, 4.69) is 70.1 Å². The highest BCUT2D eigenvalue weighted by molar-refractivity contribution is 9.10. The summed E-state index contributed by atoms with van der Waals surface area (Å²) in [4.78, 5) is 15.9. The molecule has 0 N–H and O–H groups in total. The largest absolute Gasteiger partial charge is 0.345 e. The molecule has 3 heterocycles. The molecule has 1 aliphatic heterocycles. The number of aryl methyl sites for hydroxylation is 4. The lowest BCUT2D eigenvalue weighted by Crippen LogP contribution is -2.42. The van der Waals surface area contributed by atoms with Crippen LogP contribution in [0.1, 0.15) is 47.5 Å². The smallest absolute Gasteiger partial charge is 0.234 e. The first-order valence-corrected chi connectivity index (χ1v) is 11.4. The first-order valence-electron chi connectivity index (χ1n) is 10.6. The van der Waals surface area contributed by atoms with E-state index in [9.17, 15) is 0 Å². The van der Waals surface area contributed by atoms with Crippen molar-refractivity contribution in [3.8, 4) is 5.69 Å². The van der Waals surface area contributed by atoms with Gasteiger partial charge in [-0.2, -0.15) is 0 Å². The number of halogens is 1. The fourth-order valence-corrected chi connectivity index (χ4v) is 5.55. The number of nitrogens with zero attached hydrogens (tertiary/aromatic N) is 5. The van der Waals surface area contributed by atoms with Gasteiger partial charge < -0.3 is 9.74 Å². The van der Waals surface area contributed by atoms with Gasteiger partial charge >= 0.3 is 0 Å². The molecule has 0 bridgehead atoms. The maximum Gasteiger partial charge on any atom is 0.234 e. The molecule has 0 spiro atoms. The highest BCUT2D eigenvalue weighted by Crippen LogP contribution is 2.37. The second-order valence-corrected chi connectivity index (χ2v) is 9.33. The molecule has 1 atom stereocenters. The Kier molecular flexibility index (Phi) is 5.59. The van der Waals surface area contributed by atoms with Crippen LogP contribution in [0.3, 0.4) is 0 Å². The van der Waals surface area contributed by atoms with Crippen molar-refractivity contribution in [2.75, 3.05) is 18.0 Å². The molecule has 2 aromatic heterocycles. The quantitative estimate of drug-likeness (QED) is 0.444. The molecule has 0 amide bonds. The Balaban J connectivity index is 2.02. The number of piperidine rings is 1. The summed E-state index contributed by atoms with van der Waals surface area (Å²) in [6.07, 6.45) is 3.37. The average Bonchev–Trinajstić information content (AvgIpc) is 2.92. The van der Waals surface area contributed by atoms with E-state index < -0.39 is 0 Å². The maximum absolute atomic E-state index is 7.41. The number of rotatable bonds is 3. The Morgan fingerprint density at radius 1 is 1.10 bits per heavy atom. The summed E-state index contributed by atoms with van der Waals surface area (Å²) in [7, 11) is 0. The van der Waals surface area contributed by atoms with Crippen molar-refractivity contribution < 1.29 is 0 Å². The standard InChI is InChI=1S/C24H28BrN5/c1-14-11-19(25)12-15(2)22(14)30-17(4)16(3)21-23(27-18(5)28-24(21)30)29-10-8-7-9-20(29)13-26-6/h11-12,20H,7-10,13H2,1-5H3. The van der Waals surface area contributed by atoms with E-state index in [4.69, 9.17) is 16.5 Å². The highest BCUT2D eigenvalue weighted by Gasteiger charge is 2.30. The van der Waals surface area contributed by atoms with Crippen LogP contribution in [-0.2, 0) is 0 Å². The Bertz CT molecular complexity index is 1150. The summed E-state index contributed by atoms with van der Waals surface area (Å²) in [6, 6.07) is 4.55. The van der Waals surface area contributed by atoms with Crippen LogP contribution in [0.15, 0.2) is 16.6 Å². The van der Waals surface area contributed by atoms with E-state index in [0.717, 1.165) is 46.5 Å². The summed E-state index contributed by atoms with van der Waals surface area (Å²) in [6.45, 7) is 19.5. The molecule has 30 heavy (non-hydrogen) atoms. The molecule has 1 saturated heterocycles. The second-order valence-electron chi connectivity index (χ2n) is 8.41. The SMILES string of the molecule is [C-]#[N+]CC1CCCCN1c1nc(C)nc2c1c(C)c(C)n2-c1c(C)cc(Br)cc1C. The van der Waals surface area contributed by atoms with Crippen molar-refractivity contribution in [1.29, 1.82) is 0 Å². The van der Waals surface area contributed by atoms with E-state index in [0.29, 0.717) is 6.54 Å². The lowest BCUT2D eigenvalue weighted by atomic mass is 10.0. The predicted octanol–water partition coefficient (Wildman–Crippen LogP) is 6.00. The Hall–Kier alpha value is -2.39. The fourth-order valence-electron chi connectivity index (χ4n) is 4.86. The van der Waals surface area contributed by atoms with Gasteiger partial charge in [-0.3, -0.25) is 4.57 Å². The lowest BCUT2D eigenvalue weighted by molar-refractivity contribution is 0.475. The van der Waals surface area contributed by atoms with Gasteiger partial charge in [0.2, 0.25) is 6.54 Å². The first-order chi connectivity index (χ1) is 14.3. The monoisotopic (exact) mass is 465 g/mol. The van der Waals surface area contributed by atoms with Gasteiger partial charge in [0.05, 0.1) is 11.1 Å². The van der Waals surface area contributed by atoms with Gasteiger partial charge in [-0.1, -0.05) is 15.9 Å². The van der Waals surface area contributed by atoms with Gasteiger partial charge in [-0.05, 0) is 82.7 Å². The molecule has 1 unspecified atom stereocenters. The van der Waals surface area contributed by atoms with Crippen LogP contribution in [0.4, 0.5) is 5.82 Å². The van der Waals surface area contributed by atoms with Crippen LogP contribution in [0.2, 0.25) is 0 Å². The van der Waals surface area contributed by atoms with Gasteiger partial charge in [-0.25, -0.2) is 16.5 Å².